The molecule has 1 unspecified atom stereocenters. The molecule has 3 atom stereocenters. The number of aryl methyl sites for hydroxylation is 1. The van der Waals surface area contributed by atoms with E-state index in [1.165, 1.54) is 66.9 Å². The van der Waals surface area contributed by atoms with Crippen LogP contribution in [0.2, 0.25) is 0 Å². The molecule has 3 heterocycles. The molecule has 5 heteroatoms. The van der Waals surface area contributed by atoms with Gasteiger partial charge < -0.3 is 4.90 Å². The Hall–Kier alpha value is -0.910. The van der Waals surface area contributed by atoms with Crippen molar-refractivity contribution in [1.29, 1.82) is 0 Å². The van der Waals surface area contributed by atoms with Crippen LogP contribution in [-0.2, 0) is 6.42 Å². The van der Waals surface area contributed by atoms with E-state index in [0.29, 0.717) is 5.92 Å². The van der Waals surface area contributed by atoms with Crippen molar-refractivity contribution in [2.24, 2.45) is 5.92 Å². The average Bonchev–Trinajstić information content (AvgIpc) is 3.16. The third-order valence-electron chi connectivity index (χ3n) is 5.09. The maximum absolute atomic E-state index is 4.68. The van der Waals surface area contributed by atoms with Crippen LogP contribution in [0.15, 0.2) is 35.4 Å². The van der Waals surface area contributed by atoms with Gasteiger partial charge in [-0.25, -0.2) is 0 Å². The lowest BCUT2D eigenvalue weighted by Gasteiger charge is -2.21. The van der Waals surface area contributed by atoms with E-state index in [1.54, 1.807) is 0 Å². The van der Waals surface area contributed by atoms with Crippen molar-refractivity contribution in [2.75, 3.05) is 25.4 Å². The minimum absolute atomic E-state index is 0.632. The van der Waals surface area contributed by atoms with E-state index >= 15 is 0 Å². The van der Waals surface area contributed by atoms with Crippen LogP contribution in [0, 0.1) is 5.92 Å². The summed E-state index contributed by atoms with van der Waals surface area (Å²) in [7, 11) is 0. The van der Waals surface area contributed by atoms with Crippen LogP contribution >= 0.6 is 23.5 Å². The van der Waals surface area contributed by atoms with E-state index in [0.717, 1.165) is 18.1 Å². The highest BCUT2D eigenvalue weighted by molar-refractivity contribution is 7.99. The second-order valence-corrected chi connectivity index (χ2v) is 8.27. The summed E-state index contributed by atoms with van der Waals surface area (Å²) >= 11 is 3.31. The first kappa shape index (κ1) is 15.6. The molecule has 2 fully saturated rings. The number of rotatable bonds is 6. The summed E-state index contributed by atoms with van der Waals surface area (Å²) in [6.07, 6.45) is 5.08. The van der Waals surface area contributed by atoms with E-state index in [9.17, 15) is 0 Å². The van der Waals surface area contributed by atoms with E-state index in [-0.39, 0.29) is 0 Å². The maximum Gasteiger partial charge on any atom is 0.134 e. The Morgan fingerprint density at radius 1 is 1.17 bits per heavy atom. The van der Waals surface area contributed by atoms with E-state index in [2.05, 4.69) is 44.0 Å². The highest BCUT2D eigenvalue weighted by atomic mass is 32.2. The van der Waals surface area contributed by atoms with Crippen LogP contribution in [-0.4, -0.2) is 39.0 Å². The molecule has 2 aromatic rings. The van der Waals surface area contributed by atoms with Crippen molar-refractivity contribution in [2.45, 2.75) is 36.6 Å². The number of nitrogens with zero attached hydrogens (tertiary/aromatic N) is 3. The summed E-state index contributed by atoms with van der Waals surface area (Å²) in [4.78, 5) is 2.61. The van der Waals surface area contributed by atoms with Gasteiger partial charge in [0.25, 0.3) is 0 Å². The van der Waals surface area contributed by atoms with Crippen molar-refractivity contribution in [3.8, 4) is 0 Å². The number of benzene rings is 1. The minimum Gasteiger partial charge on any atom is -0.302 e. The first-order chi connectivity index (χ1) is 11.4. The van der Waals surface area contributed by atoms with Crippen LogP contribution in [0.4, 0.5) is 0 Å². The lowest BCUT2D eigenvalue weighted by Crippen LogP contribution is -2.25. The van der Waals surface area contributed by atoms with Gasteiger partial charge in [0.15, 0.2) is 0 Å². The van der Waals surface area contributed by atoms with Crippen molar-refractivity contribution in [1.82, 2.24) is 13.6 Å². The van der Waals surface area contributed by atoms with Gasteiger partial charge in [-0.2, -0.15) is 8.75 Å². The van der Waals surface area contributed by atoms with Crippen molar-refractivity contribution < 1.29 is 0 Å². The molecule has 0 radical (unpaired) electrons. The standard InChI is InChI=1S/C18H23N3S2/c1-2-6-14(7-3-1)8-5-11-22-18-17(19-23-20-18)16-13-21-10-4-9-15(16)12-21/h1-3,6-7,15-16H,4-5,8-13H2/t15-,16+/m0/s1. The van der Waals surface area contributed by atoms with Crippen molar-refractivity contribution in [3.63, 3.8) is 0 Å². The smallest absolute Gasteiger partial charge is 0.134 e. The number of fused-ring (bicyclic) bond motifs is 2. The summed E-state index contributed by atoms with van der Waals surface area (Å²) in [6.45, 7) is 3.76. The first-order valence-corrected chi connectivity index (χ1v) is 10.3. The Morgan fingerprint density at radius 2 is 2.09 bits per heavy atom. The van der Waals surface area contributed by atoms with Crippen LogP contribution in [0.3, 0.4) is 0 Å². The number of hydrogen-bond acceptors (Lipinski definition) is 5. The molecule has 0 amide bonds. The minimum atomic E-state index is 0.632. The average molecular weight is 346 g/mol. The summed E-state index contributed by atoms with van der Waals surface area (Å²) in [6, 6.07) is 10.8. The van der Waals surface area contributed by atoms with Gasteiger partial charge in [-0.15, -0.1) is 11.8 Å². The molecule has 1 aromatic heterocycles. The third-order valence-corrected chi connectivity index (χ3v) is 6.82. The number of aromatic nitrogens is 2. The molecule has 0 aliphatic carbocycles. The van der Waals surface area contributed by atoms with E-state index in [4.69, 9.17) is 0 Å². The van der Waals surface area contributed by atoms with Crippen LogP contribution in [0.5, 0.6) is 0 Å². The van der Waals surface area contributed by atoms with Crippen LogP contribution < -0.4 is 0 Å². The molecule has 1 aromatic carbocycles. The Balaban J connectivity index is 1.33. The molecule has 3 nitrogen and oxygen atoms in total. The number of piperidine rings is 1. The van der Waals surface area contributed by atoms with Gasteiger partial charge >= 0.3 is 0 Å². The van der Waals surface area contributed by atoms with E-state index < -0.39 is 0 Å². The van der Waals surface area contributed by atoms with Gasteiger partial charge in [-0.1, -0.05) is 30.3 Å². The Kier molecular flexibility index (Phi) is 4.97. The lowest BCUT2D eigenvalue weighted by molar-refractivity contribution is 0.269. The van der Waals surface area contributed by atoms with Gasteiger partial charge in [-0.05, 0) is 49.5 Å². The highest BCUT2D eigenvalue weighted by Crippen LogP contribution is 2.41. The molecule has 2 saturated heterocycles. The van der Waals surface area contributed by atoms with Gasteiger partial charge in [-0.3, -0.25) is 0 Å². The lowest BCUT2D eigenvalue weighted by atomic mass is 9.89. The zero-order valence-corrected chi connectivity index (χ0v) is 15.0. The van der Waals surface area contributed by atoms with Crippen molar-refractivity contribution in [3.05, 3.63) is 41.6 Å². The predicted octanol–water partition coefficient (Wildman–Crippen LogP) is 4.07. The first-order valence-electron chi connectivity index (χ1n) is 8.61. The van der Waals surface area contributed by atoms with Crippen molar-refractivity contribution >= 4 is 23.5 Å². The Bertz CT molecular complexity index is 628. The normalized spacial score (nSPS) is 26.5. The highest BCUT2D eigenvalue weighted by Gasteiger charge is 2.38. The summed E-state index contributed by atoms with van der Waals surface area (Å²) in [5, 5.41) is 1.21. The predicted molar refractivity (Wildman–Crippen MR) is 97.3 cm³/mol. The summed E-state index contributed by atoms with van der Waals surface area (Å²) in [5.41, 5.74) is 2.73. The molecular weight excluding hydrogens is 322 g/mol. The fraction of sp³-hybridized carbons (Fsp3) is 0.556. The Morgan fingerprint density at radius 3 is 2.96 bits per heavy atom. The fourth-order valence-corrected chi connectivity index (χ4v) is 5.64. The fourth-order valence-electron chi connectivity index (χ4n) is 3.93. The SMILES string of the molecule is c1ccc(CCCSc2nsnc2[C@@H]2CN3CCC[C@H]2C3)cc1. The monoisotopic (exact) mass is 345 g/mol. The summed E-state index contributed by atoms with van der Waals surface area (Å²) in [5.74, 6) is 2.58. The second kappa shape index (κ2) is 7.32. The zero-order valence-electron chi connectivity index (χ0n) is 13.4. The molecule has 0 spiro atoms. The largest absolute Gasteiger partial charge is 0.302 e. The number of thioether (sulfide) groups is 1. The number of hydrogen-bond donors (Lipinski definition) is 0. The molecule has 2 aliphatic heterocycles. The molecule has 2 aliphatic rings. The van der Waals surface area contributed by atoms with Gasteiger partial charge in [0.05, 0.1) is 17.4 Å². The molecular formula is C18H23N3S2. The Labute approximate surface area is 146 Å². The quantitative estimate of drug-likeness (QED) is 0.583. The third kappa shape index (κ3) is 3.62. The topological polar surface area (TPSA) is 29.0 Å². The maximum atomic E-state index is 4.68. The van der Waals surface area contributed by atoms with Crippen LogP contribution in [0.1, 0.15) is 36.4 Å². The molecule has 122 valence electrons. The molecule has 0 N–H and O–H groups in total. The molecule has 0 saturated carbocycles. The van der Waals surface area contributed by atoms with Crippen LogP contribution in [0.25, 0.3) is 0 Å². The van der Waals surface area contributed by atoms with Gasteiger partial charge in [0.2, 0.25) is 0 Å². The second-order valence-electron chi connectivity index (χ2n) is 6.66. The van der Waals surface area contributed by atoms with Gasteiger partial charge in [0.1, 0.15) is 5.03 Å². The molecule has 4 rings (SSSR count). The zero-order chi connectivity index (χ0) is 15.5. The van der Waals surface area contributed by atoms with E-state index in [1.807, 2.05) is 11.8 Å². The van der Waals surface area contributed by atoms with Gasteiger partial charge in [0, 0.05) is 19.0 Å². The molecule has 2 bridgehead atoms. The molecule has 23 heavy (non-hydrogen) atoms. The summed E-state index contributed by atoms with van der Waals surface area (Å²) < 4.78 is 9.27.